The highest BCUT2D eigenvalue weighted by atomic mass is 35.5. The van der Waals surface area contributed by atoms with Crippen molar-refractivity contribution in [3.8, 4) is 0 Å². The van der Waals surface area contributed by atoms with E-state index >= 15 is 0 Å². The number of rotatable bonds is 2. The number of nitrogens with zero attached hydrogens (tertiary/aromatic N) is 2. The summed E-state index contributed by atoms with van der Waals surface area (Å²) in [6.07, 6.45) is 4.44. The SMILES string of the molecule is ClCc1ccc(N2CCCC2)nc1. The first-order valence-corrected chi connectivity index (χ1v) is 5.19. The molecule has 1 aromatic heterocycles. The molecule has 0 N–H and O–H groups in total. The molecule has 0 aliphatic carbocycles. The predicted octanol–water partition coefficient (Wildman–Crippen LogP) is 2.42. The van der Waals surface area contributed by atoms with Crippen molar-refractivity contribution in [1.82, 2.24) is 4.98 Å². The fourth-order valence-electron chi connectivity index (χ4n) is 1.63. The third kappa shape index (κ3) is 1.94. The summed E-state index contributed by atoms with van der Waals surface area (Å²) >= 11 is 5.69. The highest BCUT2D eigenvalue weighted by Gasteiger charge is 2.12. The van der Waals surface area contributed by atoms with Crippen LogP contribution in [0.5, 0.6) is 0 Å². The highest BCUT2D eigenvalue weighted by molar-refractivity contribution is 6.17. The molecule has 1 fully saturated rings. The van der Waals surface area contributed by atoms with Crippen molar-refractivity contribution >= 4 is 17.4 Å². The summed E-state index contributed by atoms with van der Waals surface area (Å²) in [5, 5.41) is 0. The van der Waals surface area contributed by atoms with E-state index in [-0.39, 0.29) is 0 Å². The first-order chi connectivity index (χ1) is 6.40. The van der Waals surface area contributed by atoms with Gasteiger partial charge in [-0.05, 0) is 24.5 Å². The number of aromatic nitrogens is 1. The van der Waals surface area contributed by atoms with E-state index in [9.17, 15) is 0 Å². The predicted molar refractivity (Wildman–Crippen MR) is 55.2 cm³/mol. The van der Waals surface area contributed by atoms with Gasteiger partial charge in [0.05, 0.1) is 0 Å². The van der Waals surface area contributed by atoms with Gasteiger partial charge in [0.1, 0.15) is 5.82 Å². The average molecular weight is 197 g/mol. The van der Waals surface area contributed by atoms with Crippen LogP contribution in [-0.4, -0.2) is 18.1 Å². The van der Waals surface area contributed by atoms with Crippen molar-refractivity contribution < 1.29 is 0 Å². The molecule has 0 atom stereocenters. The summed E-state index contributed by atoms with van der Waals surface area (Å²) in [7, 11) is 0. The molecule has 0 bridgehead atoms. The van der Waals surface area contributed by atoms with Crippen LogP contribution in [0.4, 0.5) is 5.82 Å². The van der Waals surface area contributed by atoms with Gasteiger partial charge in [-0.3, -0.25) is 0 Å². The molecule has 0 saturated carbocycles. The summed E-state index contributed by atoms with van der Waals surface area (Å²) in [6.45, 7) is 2.29. The van der Waals surface area contributed by atoms with E-state index in [1.165, 1.54) is 12.8 Å². The van der Waals surface area contributed by atoms with E-state index in [1.807, 2.05) is 12.3 Å². The molecule has 1 aliphatic rings. The smallest absolute Gasteiger partial charge is 0.128 e. The topological polar surface area (TPSA) is 16.1 Å². The van der Waals surface area contributed by atoms with E-state index in [0.717, 1.165) is 24.5 Å². The largest absolute Gasteiger partial charge is 0.357 e. The molecule has 0 unspecified atom stereocenters. The highest BCUT2D eigenvalue weighted by Crippen LogP contribution is 2.17. The van der Waals surface area contributed by atoms with Gasteiger partial charge < -0.3 is 4.90 Å². The Hall–Kier alpha value is -0.760. The Kier molecular flexibility index (Phi) is 2.69. The zero-order valence-electron chi connectivity index (χ0n) is 7.54. The molecule has 0 radical (unpaired) electrons. The lowest BCUT2D eigenvalue weighted by Gasteiger charge is -2.15. The van der Waals surface area contributed by atoms with Crippen molar-refractivity contribution in [2.75, 3.05) is 18.0 Å². The Balaban J connectivity index is 2.12. The molecule has 3 heteroatoms. The lowest BCUT2D eigenvalue weighted by atomic mass is 10.3. The van der Waals surface area contributed by atoms with E-state index in [1.54, 1.807) is 0 Å². The van der Waals surface area contributed by atoms with Crippen LogP contribution in [-0.2, 0) is 5.88 Å². The molecule has 2 heterocycles. The quantitative estimate of drug-likeness (QED) is 0.676. The first kappa shape index (κ1) is 8.82. The lowest BCUT2D eigenvalue weighted by molar-refractivity contribution is 0.935. The van der Waals surface area contributed by atoms with Crippen LogP contribution < -0.4 is 4.90 Å². The molecule has 13 heavy (non-hydrogen) atoms. The van der Waals surface area contributed by atoms with Crippen molar-refractivity contribution in [3.63, 3.8) is 0 Å². The summed E-state index contributed by atoms with van der Waals surface area (Å²) in [4.78, 5) is 6.69. The van der Waals surface area contributed by atoms with Crippen LogP contribution in [0.1, 0.15) is 18.4 Å². The van der Waals surface area contributed by atoms with Gasteiger partial charge in [0, 0.05) is 25.2 Å². The summed E-state index contributed by atoms with van der Waals surface area (Å²) in [5.74, 6) is 1.64. The number of hydrogen-bond donors (Lipinski definition) is 0. The van der Waals surface area contributed by atoms with Gasteiger partial charge >= 0.3 is 0 Å². The molecular weight excluding hydrogens is 184 g/mol. The molecular formula is C10H13ClN2. The Morgan fingerprint density at radius 3 is 2.62 bits per heavy atom. The van der Waals surface area contributed by atoms with Crippen LogP contribution in [0.2, 0.25) is 0 Å². The maximum Gasteiger partial charge on any atom is 0.128 e. The number of halogens is 1. The Labute approximate surface area is 83.5 Å². The Bertz CT molecular complexity index is 265. The van der Waals surface area contributed by atoms with Gasteiger partial charge in [0.2, 0.25) is 0 Å². The second-order valence-corrected chi connectivity index (χ2v) is 3.62. The zero-order valence-corrected chi connectivity index (χ0v) is 8.30. The lowest BCUT2D eigenvalue weighted by Crippen LogP contribution is -2.18. The van der Waals surface area contributed by atoms with E-state index < -0.39 is 0 Å². The Morgan fingerprint density at radius 2 is 2.08 bits per heavy atom. The fraction of sp³-hybridized carbons (Fsp3) is 0.500. The summed E-state index contributed by atoms with van der Waals surface area (Å²) < 4.78 is 0. The number of anilines is 1. The summed E-state index contributed by atoms with van der Waals surface area (Å²) in [5.41, 5.74) is 1.09. The van der Waals surface area contributed by atoms with Crippen molar-refractivity contribution in [3.05, 3.63) is 23.9 Å². The van der Waals surface area contributed by atoms with Gasteiger partial charge in [0.25, 0.3) is 0 Å². The maximum absolute atomic E-state index is 5.69. The third-order valence-electron chi connectivity index (χ3n) is 2.39. The Morgan fingerprint density at radius 1 is 1.31 bits per heavy atom. The number of hydrogen-bond acceptors (Lipinski definition) is 2. The van der Waals surface area contributed by atoms with Gasteiger partial charge in [-0.2, -0.15) is 0 Å². The van der Waals surface area contributed by atoms with E-state index in [0.29, 0.717) is 5.88 Å². The maximum atomic E-state index is 5.69. The molecule has 1 saturated heterocycles. The van der Waals surface area contributed by atoms with Crippen LogP contribution in [0.15, 0.2) is 18.3 Å². The molecule has 70 valence electrons. The number of alkyl halides is 1. The van der Waals surface area contributed by atoms with Gasteiger partial charge in [-0.1, -0.05) is 6.07 Å². The molecule has 1 aromatic rings. The monoisotopic (exact) mass is 196 g/mol. The minimum atomic E-state index is 0.549. The minimum Gasteiger partial charge on any atom is -0.357 e. The molecule has 0 spiro atoms. The van der Waals surface area contributed by atoms with Crippen LogP contribution >= 0.6 is 11.6 Å². The van der Waals surface area contributed by atoms with Crippen molar-refractivity contribution in [2.24, 2.45) is 0 Å². The van der Waals surface area contributed by atoms with Gasteiger partial charge in [0.15, 0.2) is 0 Å². The first-order valence-electron chi connectivity index (χ1n) is 4.66. The van der Waals surface area contributed by atoms with Crippen LogP contribution in [0.3, 0.4) is 0 Å². The standard InChI is InChI=1S/C10H13ClN2/c11-7-9-3-4-10(12-8-9)13-5-1-2-6-13/h3-4,8H,1-2,5-7H2. The van der Waals surface area contributed by atoms with E-state index in [4.69, 9.17) is 11.6 Å². The van der Waals surface area contributed by atoms with Crippen molar-refractivity contribution in [2.45, 2.75) is 18.7 Å². The number of pyridine rings is 1. The molecule has 0 aromatic carbocycles. The molecule has 2 rings (SSSR count). The second kappa shape index (κ2) is 3.97. The van der Waals surface area contributed by atoms with E-state index in [2.05, 4.69) is 16.0 Å². The second-order valence-electron chi connectivity index (χ2n) is 3.35. The molecule has 2 nitrogen and oxygen atoms in total. The fourth-order valence-corrected chi connectivity index (χ4v) is 1.79. The van der Waals surface area contributed by atoms with Crippen LogP contribution in [0.25, 0.3) is 0 Å². The van der Waals surface area contributed by atoms with Crippen molar-refractivity contribution in [1.29, 1.82) is 0 Å². The third-order valence-corrected chi connectivity index (χ3v) is 2.70. The van der Waals surface area contributed by atoms with Gasteiger partial charge in [-0.15, -0.1) is 11.6 Å². The molecule has 0 amide bonds. The normalized spacial score (nSPS) is 16.5. The minimum absolute atomic E-state index is 0.549. The average Bonchev–Trinajstić information content (AvgIpc) is 2.71. The molecule has 1 aliphatic heterocycles. The summed E-state index contributed by atoms with van der Waals surface area (Å²) in [6, 6.07) is 4.11. The van der Waals surface area contributed by atoms with Gasteiger partial charge in [-0.25, -0.2) is 4.98 Å². The zero-order chi connectivity index (χ0) is 9.10. The van der Waals surface area contributed by atoms with Crippen LogP contribution in [0, 0.1) is 0 Å².